The van der Waals surface area contributed by atoms with Gasteiger partial charge < -0.3 is 9.72 Å². The zero-order valence-corrected chi connectivity index (χ0v) is 12.9. The van der Waals surface area contributed by atoms with Crippen molar-refractivity contribution in [2.45, 2.75) is 0 Å². The van der Waals surface area contributed by atoms with Gasteiger partial charge in [-0.3, -0.25) is 10.1 Å². The summed E-state index contributed by atoms with van der Waals surface area (Å²) in [5.74, 6) is 0.827. The van der Waals surface area contributed by atoms with Gasteiger partial charge in [-0.05, 0) is 24.3 Å². The van der Waals surface area contributed by atoms with E-state index in [4.69, 9.17) is 4.74 Å². The van der Waals surface area contributed by atoms with E-state index in [9.17, 15) is 15.4 Å². The molecule has 0 saturated carbocycles. The van der Waals surface area contributed by atoms with Gasteiger partial charge in [-0.1, -0.05) is 18.2 Å². The van der Waals surface area contributed by atoms with E-state index in [1.165, 1.54) is 18.2 Å². The van der Waals surface area contributed by atoms with Crippen LogP contribution in [0.4, 0.5) is 5.69 Å². The fourth-order valence-electron chi connectivity index (χ4n) is 2.83. The van der Waals surface area contributed by atoms with Crippen LogP contribution in [0.15, 0.2) is 60.7 Å². The molecular formula is C19H11N3O3. The number of hydrogen-bond donors (Lipinski definition) is 1. The van der Waals surface area contributed by atoms with Gasteiger partial charge in [0.15, 0.2) is 0 Å². The van der Waals surface area contributed by atoms with E-state index in [-0.39, 0.29) is 17.0 Å². The molecule has 0 radical (unpaired) electrons. The maximum Gasteiger partial charge on any atom is 0.271 e. The van der Waals surface area contributed by atoms with Gasteiger partial charge in [0, 0.05) is 34.5 Å². The topological polar surface area (TPSA) is 91.9 Å². The van der Waals surface area contributed by atoms with Crippen LogP contribution in [0, 0.1) is 21.4 Å². The number of aromatic amines is 1. The molecule has 1 N–H and O–H groups in total. The number of rotatable bonds is 3. The molecule has 0 bridgehead atoms. The van der Waals surface area contributed by atoms with Crippen LogP contribution >= 0.6 is 0 Å². The zero-order chi connectivity index (χ0) is 17.4. The summed E-state index contributed by atoms with van der Waals surface area (Å²) in [6.45, 7) is 0. The standard InChI is InChI=1S/C19H11N3O3/c20-11-12-9-13(22(23)24)5-8-19(12)25-14-6-7-16-15-3-1-2-4-17(15)21-18(16)10-14/h1-10,21H. The molecule has 25 heavy (non-hydrogen) atoms. The third-order valence-electron chi connectivity index (χ3n) is 4.00. The molecule has 0 unspecified atom stereocenters. The molecule has 4 aromatic rings. The predicted octanol–water partition coefficient (Wildman–Crippen LogP) is 4.89. The van der Waals surface area contributed by atoms with Crippen LogP contribution in [0.3, 0.4) is 0 Å². The molecule has 6 heteroatoms. The molecule has 6 nitrogen and oxygen atoms in total. The molecule has 0 atom stereocenters. The van der Waals surface area contributed by atoms with Gasteiger partial charge >= 0.3 is 0 Å². The Morgan fingerprint density at radius 3 is 2.60 bits per heavy atom. The largest absolute Gasteiger partial charge is 0.456 e. The third-order valence-corrected chi connectivity index (χ3v) is 4.00. The van der Waals surface area contributed by atoms with Crippen molar-refractivity contribution in [3.05, 3.63) is 76.3 Å². The lowest BCUT2D eigenvalue weighted by atomic mass is 10.1. The zero-order valence-electron chi connectivity index (χ0n) is 12.9. The molecule has 0 aliphatic heterocycles. The van der Waals surface area contributed by atoms with Crippen LogP contribution in [0.2, 0.25) is 0 Å². The number of non-ortho nitro benzene ring substituents is 1. The molecule has 1 heterocycles. The predicted molar refractivity (Wildman–Crippen MR) is 93.7 cm³/mol. The summed E-state index contributed by atoms with van der Waals surface area (Å²) in [5.41, 5.74) is 1.92. The minimum absolute atomic E-state index is 0.117. The van der Waals surface area contributed by atoms with Crippen molar-refractivity contribution in [2.24, 2.45) is 0 Å². The summed E-state index contributed by atoms with van der Waals surface area (Å²) in [6, 6.07) is 19.5. The average molecular weight is 329 g/mol. The average Bonchev–Trinajstić information content (AvgIpc) is 2.99. The van der Waals surface area contributed by atoms with Crippen molar-refractivity contribution >= 4 is 27.5 Å². The third kappa shape index (κ3) is 2.54. The second-order valence-electron chi connectivity index (χ2n) is 5.53. The van der Waals surface area contributed by atoms with E-state index in [1.807, 2.05) is 48.5 Å². The lowest BCUT2D eigenvalue weighted by Crippen LogP contribution is -1.92. The molecule has 0 saturated heterocycles. The Labute approximate surface area is 142 Å². The molecule has 1 aromatic heterocycles. The van der Waals surface area contributed by atoms with Crippen molar-refractivity contribution in [3.63, 3.8) is 0 Å². The number of nitrogens with one attached hydrogen (secondary N) is 1. The van der Waals surface area contributed by atoms with Crippen molar-refractivity contribution in [1.82, 2.24) is 4.98 Å². The van der Waals surface area contributed by atoms with Crippen LogP contribution in [0.5, 0.6) is 11.5 Å². The lowest BCUT2D eigenvalue weighted by molar-refractivity contribution is -0.384. The second-order valence-corrected chi connectivity index (χ2v) is 5.53. The number of nitro benzene ring substituents is 1. The van der Waals surface area contributed by atoms with Crippen molar-refractivity contribution < 1.29 is 9.66 Å². The van der Waals surface area contributed by atoms with Gasteiger partial charge in [-0.2, -0.15) is 5.26 Å². The normalized spacial score (nSPS) is 10.7. The van der Waals surface area contributed by atoms with E-state index < -0.39 is 4.92 Å². The quantitative estimate of drug-likeness (QED) is 0.427. The number of aromatic nitrogens is 1. The Morgan fingerprint density at radius 2 is 1.80 bits per heavy atom. The van der Waals surface area contributed by atoms with Gasteiger partial charge in [0.25, 0.3) is 5.69 Å². The fraction of sp³-hybridized carbons (Fsp3) is 0. The Morgan fingerprint density at radius 1 is 1.00 bits per heavy atom. The number of fused-ring (bicyclic) bond motifs is 3. The highest BCUT2D eigenvalue weighted by atomic mass is 16.6. The van der Waals surface area contributed by atoms with Crippen molar-refractivity contribution in [3.8, 4) is 17.6 Å². The number of benzene rings is 3. The van der Waals surface area contributed by atoms with E-state index in [0.29, 0.717) is 5.75 Å². The van der Waals surface area contributed by atoms with Gasteiger partial charge in [0.2, 0.25) is 0 Å². The van der Waals surface area contributed by atoms with Crippen LogP contribution in [-0.2, 0) is 0 Å². The number of H-pyrrole nitrogens is 1. The Balaban J connectivity index is 1.75. The summed E-state index contributed by atoms with van der Waals surface area (Å²) >= 11 is 0. The molecule has 0 amide bonds. The highest BCUT2D eigenvalue weighted by Crippen LogP contribution is 2.32. The molecule has 120 valence electrons. The molecule has 3 aromatic carbocycles. The molecule has 0 spiro atoms. The molecule has 4 rings (SSSR count). The van der Waals surface area contributed by atoms with Crippen LogP contribution in [0.1, 0.15) is 5.56 Å². The first-order chi connectivity index (χ1) is 12.2. The fourth-order valence-corrected chi connectivity index (χ4v) is 2.83. The number of nitro groups is 1. The maximum atomic E-state index is 10.8. The summed E-state index contributed by atoms with van der Waals surface area (Å²) in [5, 5.41) is 22.2. The number of para-hydroxylation sites is 1. The molecule has 0 fully saturated rings. The number of nitriles is 1. The number of nitrogens with zero attached hydrogens (tertiary/aromatic N) is 2. The monoisotopic (exact) mass is 329 g/mol. The van der Waals surface area contributed by atoms with E-state index in [1.54, 1.807) is 0 Å². The van der Waals surface area contributed by atoms with E-state index >= 15 is 0 Å². The first-order valence-electron chi connectivity index (χ1n) is 7.52. The second kappa shape index (κ2) is 5.65. The van der Waals surface area contributed by atoms with Crippen LogP contribution in [0.25, 0.3) is 21.8 Å². The SMILES string of the molecule is N#Cc1cc([N+](=O)[O-])ccc1Oc1ccc2c(c1)[nH]c1ccccc12. The summed E-state index contributed by atoms with van der Waals surface area (Å²) in [7, 11) is 0. The van der Waals surface area contributed by atoms with Gasteiger partial charge in [-0.25, -0.2) is 0 Å². The molecular weight excluding hydrogens is 318 g/mol. The van der Waals surface area contributed by atoms with Crippen LogP contribution in [-0.4, -0.2) is 9.91 Å². The minimum atomic E-state index is -0.541. The first-order valence-corrected chi connectivity index (χ1v) is 7.52. The van der Waals surface area contributed by atoms with Gasteiger partial charge in [-0.15, -0.1) is 0 Å². The number of hydrogen-bond acceptors (Lipinski definition) is 4. The summed E-state index contributed by atoms with van der Waals surface area (Å²) < 4.78 is 5.77. The Bertz CT molecular complexity index is 1170. The minimum Gasteiger partial charge on any atom is -0.456 e. The highest BCUT2D eigenvalue weighted by Gasteiger charge is 2.13. The van der Waals surface area contributed by atoms with Gasteiger partial charge in [0.1, 0.15) is 23.1 Å². The summed E-state index contributed by atoms with van der Waals surface area (Å²) in [6.07, 6.45) is 0. The van der Waals surface area contributed by atoms with Crippen molar-refractivity contribution in [1.29, 1.82) is 5.26 Å². The van der Waals surface area contributed by atoms with Crippen molar-refractivity contribution in [2.75, 3.05) is 0 Å². The van der Waals surface area contributed by atoms with E-state index in [0.717, 1.165) is 21.8 Å². The van der Waals surface area contributed by atoms with Crippen LogP contribution < -0.4 is 4.74 Å². The molecule has 0 aliphatic carbocycles. The maximum absolute atomic E-state index is 10.8. The number of ether oxygens (including phenoxy) is 1. The smallest absolute Gasteiger partial charge is 0.271 e. The summed E-state index contributed by atoms with van der Waals surface area (Å²) in [4.78, 5) is 13.6. The highest BCUT2D eigenvalue weighted by molar-refractivity contribution is 6.07. The Kier molecular flexibility index (Phi) is 3.33. The van der Waals surface area contributed by atoms with Gasteiger partial charge in [0.05, 0.1) is 10.4 Å². The van der Waals surface area contributed by atoms with E-state index in [2.05, 4.69) is 4.98 Å². The first kappa shape index (κ1) is 14.7. The lowest BCUT2D eigenvalue weighted by Gasteiger charge is -2.07. The Hall–Kier alpha value is -3.85. The molecule has 0 aliphatic rings.